The zero-order valence-corrected chi connectivity index (χ0v) is 18.4. The molecule has 1 fully saturated rings. The number of rotatable bonds is 6. The summed E-state index contributed by atoms with van der Waals surface area (Å²) in [6.07, 6.45) is 2.04. The van der Waals surface area contributed by atoms with E-state index >= 15 is 0 Å². The molecule has 1 aliphatic rings. The van der Waals surface area contributed by atoms with Crippen LogP contribution in [0.15, 0.2) is 30.3 Å². The highest BCUT2D eigenvalue weighted by molar-refractivity contribution is 6.74. The van der Waals surface area contributed by atoms with E-state index in [0.717, 1.165) is 18.4 Å². The first-order chi connectivity index (χ1) is 12.6. The number of carbonyl (C=O) groups is 1. The van der Waals surface area contributed by atoms with E-state index < -0.39 is 8.32 Å². The molecule has 0 radical (unpaired) electrons. The Morgan fingerprint density at radius 1 is 1.22 bits per heavy atom. The van der Waals surface area contributed by atoms with Crippen LogP contribution in [0, 0.1) is 0 Å². The van der Waals surface area contributed by atoms with Crippen molar-refractivity contribution in [3.8, 4) is 0 Å². The van der Waals surface area contributed by atoms with Crippen LogP contribution in [0.4, 0.5) is 4.79 Å². The lowest BCUT2D eigenvalue weighted by Crippen LogP contribution is -2.53. The molecule has 0 saturated carbocycles. The molecule has 1 N–H and O–H groups in total. The van der Waals surface area contributed by atoms with E-state index in [-0.39, 0.29) is 36.5 Å². The fourth-order valence-corrected chi connectivity index (χ4v) is 4.54. The summed E-state index contributed by atoms with van der Waals surface area (Å²) in [5.41, 5.74) is 0.968. The fraction of sp³-hybridized carbons (Fsp3) is 0.667. The Morgan fingerprint density at radius 2 is 1.89 bits per heavy atom. The molecule has 1 aliphatic heterocycles. The SMILES string of the molecule is CC(C)(C)[Si](C)(C)OC1CCC(CCO)N(C(=O)OCc2ccccc2)C1. The molecule has 152 valence electrons. The molecule has 2 rings (SSSR count). The van der Waals surface area contributed by atoms with Gasteiger partial charge in [-0.3, -0.25) is 0 Å². The summed E-state index contributed by atoms with van der Waals surface area (Å²) >= 11 is 0. The first-order valence-electron chi connectivity index (χ1n) is 9.90. The second-order valence-electron chi connectivity index (χ2n) is 8.94. The summed E-state index contributed by atoms with van der Waals surface area (Å²) in [7, 11) is -1.90. The van der Waals surface area contributed by atoms with Crippen molar-refractivity contribution in [1.29, 1.82) is 0 Å². The maximum Gasteiger partial charge on any atom is 0.410 e. The molecule has 1 aromatic carbocycles. The molecule has 1 amide bonds. The van der Waals surface area contributed by atoms with Crippen molar-refractivity contribution in [2.75, 3.05) is 13.2 Å². The number of aliphatic hydroxyl groups is 1. The van der Waals surface area contributed by atoms with Crippen LogP contribution in [0.3, 0.4) is 0 Å². The number of hydrogen-bond acceptors (Lipinski definition) is 4. The average Bonchev–Trinajstić information content (AvgIpc) is 2.61. The van der Waals surface area contributed by atoms with Gasteiger partial charge in [0.05, 0.1) is 6.10 Å². The summed E-state index contributed by atoms with van der Waals surface area (Å²) in [6, 6.07) is 9.70. The summed E-state index contributed by atoms with van der Waals surface area (Å²) in [4.78, 5) is 14.5. The molecule has 0 bridgehead atoms. The van der Waals surface area contributed by atoms with Gasteiger partial charge in [0.1, 0.15) is 6.61 Å². The van der Waals surface area contributed by atoms with Crippen molar-refractivity contribution >= 4 is 14.4 Å². The number of aliphatic hydroxyl groups excluding tert-OH is 1. The van der Waals surface area contributed by atoms with Crippen molar-refractivity contribution in [3.05, 3.63) is 35.9 Å². The van der Waals surface area contributed by atoms with Crippen LogP contribution in [-0.2, 0) is 15.8 Å². The van der Waals surface area contributed by atoms with Gasteiger partial charge >= 0.3 is 6.09 Å². The monoisotopic (exact) mass is 393 g/mol. The van der Waals surface area contributed by atoms with Gasteiger partial charge in [0.2, 0.25) is 0 Å². The molecule has 0 spiro atoms. The zero-order chi connectivity index (χ0) is 20.1. The summed E-state index contributed by atoms with van der Waals surface area (Å²) in [5, 5.41) is 9.51. The van der Waals surface area contributed by atoms with Crippen LogP contribution in [-0.4, -0.2) is 49.7 Å². The topological polar surface area (TPSA) is 59.0 Å². The van der Waals surface area contributed by atoms with E-state index in [1.54, 1.807) is 4.90 Å². The maximum atomic E-state index is 12.7. The van der Waals surface area contributed by atoms with Crippen molar-refractivity contribution in [1.82, 2.24) is 4.90 Å². The van der Waals surface area contributed by atoms with Crippen LogP contribution in [0.25, 0.3) is 0 Å². The van der Waals surface area contributed by atoms with Gasteiger partial charge in [-0.25, -0.2) is 4.79 Å². The van der Waals surface area contributed by atoms with Crippen LogP contribution >= 0.6 is 0 Å². The Hall–Kier alpha value is -1.37. The minimum atomic E-state index is -1.90. The van der Waals surface area contributed by atoms with Gasteiger partial charge in [-0.05, 0) is 43.0 Å². The fourth-order valence-electron chi connectivity index (χ4n) is 3.16. The molecule has 1 heterocycles. The molecule has 5 nitrogen and oxygen atoms in total. The van der Waals surface area contributed by atoms with Gasteiger partial charge in [0.15, 0.2) is 8.32 Å². The van der Waals surface area contributed by atoms with Crippen LogP contribution in [0.1, 0.15) is 45.6 Å². The highest BCUT2D eigenvalue weighted by Gasteiger charge is 2.41. The Morgan fingerprint density at radius 3 is 2.48 bits per heavy atom. The largest absolute Gasteiger partial charge is 0.445 e. The molecule has 1 saturated heterocycles. The summed E-state index contributed by atoms with van der Waals surface area (Å²) < 4.78 is 12.1. The maximum absolute atomic E-state index is 12.7. The third kappa shape index (κ3) is 6.06. The minimum Gasteiger partial charge on any atom is -0.445 e. The molecular formula is C21H35NO4Si. The van der Waals surface area contributed by atoms with Crippen LogP contribution in [0.2, 0.25) is 18.1 Å². The minimum absolute atomic E-state index is 0.0116. The lowest BCUT2D eigenvalue weighted by atomic mass is 9.98. The third-order valence-electron chi connectivity index (χ3n) is 5.83. The molecule has 2 atom stereocenters. The Kier molecular flexibility index (Phi) is 7.48. The number of benzene rings is 1. The summed E-state index contributed by atoms with van der Waals surface area (Å²) in [5.74, 6) is 0. The van der Waals surface area contributed by atoms with Crippen LogP contribution in [0.5, 0.6) is 0 Å². The molecule has 0 aromatic heterocycles. The van der Waals surface area contributed by atoms with Gasteiger partial charge in [0, 0.05) is 19.2 Å². The number of likely N-dealkylation sites (tertiary alicyclic amines) is 1. The molecule has 2 unspecified atom stereocenters. The smallest absolute Gasteiger partial charge is 0.410 e. The third-order valence-corrected chi connectivity index (χ3v) is 10.4. The number of piperidine rings is 1. The van der Waals surface area contributed by atoms with E-state index in [4.69, 9.17) is 9.16 Å². The highest BCUT2D eigenvalue weighted by Crippen LogP contribution is 2.38. The number of ether oxygens (including phenoxy) is 1. The van der Waals surface area contributed by atoms with E-state index in [2.05, 4.69) is 33.9 Å². The Labute approximate surface area is 164 Å². The van der Waals surface area contributed by atoms with E-state index in [0.29, 0.717) is 13.0 Å². The molecular weight excluding hydrogens is 358 g/mol. The average molecular weight is 394 g/mol. The van der Waals surface area contributed by atoms with Crippen molar-refractivity contribution in [3.63, 3.8) is 0 Å². The number of nitrogens with zero attached hydrogens (tertiary/aromatic N) is 1. The predicted molar refractivity (Wildman–Crippen MR) is 110 cm³/mol. The van der Waals surface area contributed by atoms with Gasteiger partial charge in [-0.15, -0.1) is 0 Å². The van der Waals surface area contributed by atoms with E-state index in [9.17, 15) is 9.90 Å². The molecule has 27 heavy (non-hydrogen) atoms. The number of carbonyl (C=O) groups excluding carboxylic acids is 1. The lowest BCUT2D eigenvalue weighted by molar-refractivity contribution is 0.0188. The zero-order valence-electron chi connectivity index (χ0n) is 17.4. The first-order valence-corrected chi connectivity index (χ1v) is 12.8. The predicted octanol–water partition coefficient (Wildman–Crippen LogP) is 4.56. The van der Waals surface area contributed by atoms with Gasteiger partial charge in [0.25, 0.3) is 0 Å². The van der Waals surface area contributed by atoms with Gasteiger partial charge < -0.3 is 19.2 Å². The van der Waals surface area contributed by atoms with Gasteiger partial charge in [-0.1, -0.05) is 51.1 Å². The van der Waals surface area contributed by atoms with Crippen molar-refractivity contribution in [2.45, 2.75) is 76.9 Å². The molecule has 1 aromatic rings. The van der Waals surface area contributed by atoms with Crippen molar-refractivity contribution in [2.24, 2.45) is 0 Å². The van der Waals surface area contributed by atoms with E-state index in [1.807, 2.05) is 30.3 Å². The first kappa shape index (κ1) is 21.9. The standard InChI is InChI=1S/C21H35NO4Si/c1-21(2,3)27(4,5)26-19-12-11-18(13-14-23)22(15-19)20(24)25-16-17-9-7-6-8-10-17/h6-10,18-19,23H,11-16H2,1-5H3. The van der Waals surface area contributed by atoms with Gasteiger partial charge in [-0.2, -0.15) is 0 Å². The normalized spacial score (nSPS) is 21.2. The quantitative estimate of drug-likeness (QED) is 0.720. The number of hydrogen-bond donors (Lipinski definition) is 1. The number of amides is 1. The Balaban J connectivity index is 2.02. The van der Waals surface area contributed by atoms with E-state index in [1.165, 1.54) is 0 Å². The molecule has 0 aliphatic carbocycles. The summed E-state index contributed by atoms with van der Waals surface area (Å²) in [6.45, 7) is 12.0. The lowest BCUT2D eigenvalue weighted by Gasteiger charge is -2.44. The second kappa shape index (κ2) is 9.21. The van der Waals surface area contributed by atoms with Crippen molar-refractivity contribution < 1.29 is 19.1 Å². The Bertz CT molecular complexity index is 600. The molecule has 6 heteroatoms. The second-order valence-corrected chi connectivity index (χ2v) is 13.7. The van der Waals surface area contributed by atoms with Crippen LogP contribution < -0.4 is 0 Å². The highest BCUT2D eigenvalue weighted by atomic mass is 28.4.